The van der Waals surface area contributed by atoms with Crippen molar-refractivity contribution in [1.82, 2.24) is 14.9 Å². The van der Waals surface area contributed by atoms with Crippen LogP contribution in [0.25, 0.3) is 0 Å². The fourth-order valence-electron chi connectivity index (χ4n) is 1.84. The van der Waals surface area contributed by atoms with Gasteiger partial charge < -0.3 is 15.5 Å². The van der Waals surface area contributed by atoms with Gasteiger partial charge in [0, 0.05) is 31.9 Å². The number of anilines is 2. The highest BCUT2D eigenvalue weighted by molar-refractivity contribution is 5.39. The number of hydrogen-bond acceptors (Lipinski definition) is 5. The molecular weight excluding hydrogens is 226 g/mol. The van der Waals surface area contributed by atoms with E-state index in [1.807, 2.05) is 6.07 Å². The van der Waals surface area contributed by atoms with Crippen LogP contribution in [-0.2, 0) is 0 Å². The van der Waals surface area contributed by atoms with Crippen molar-refractivity contribution in [3.8, 4) is 0 Å². The molecule has 0 aliphatic heterocycles. The van der Waals surface area contributed by atoms with Crippen molar-refractivity contribution in [2.45, 2.75) is 32.2 Å². The Morgan fingerprint density at radius 2 is 2.17 bits per heavy atom. The van der Waals surface area contributed by atoms with Crippen LogP contribution in [0.15, 0.2) is 12.3 Å². The van der Waals surface area contributed by atoms with Crippen molar-refractivity contribution in [3.05, 3.63) is 12.3 Å². The predicted octanol–water partition coefficient (Wildman–Crippen LogP) is 1.80. The molecule has 5 nitrogen and oxygen atoms in total. The number of hydrogen-bond donors (Lipinski definition) is 2. The maximum atomic E-state index is 4.42. The van der Waals surface area contributed by atoms with Gasteiger partial charge in [-0.05, 0) is 32.4 Å². The molecule has 18 heavy (non-hydrogen) atoms. The first-order valence-corrected chi connectivity index (χ1v) is 6.80. The molecule has 0 radical (unpaired) electrons. The monoisotopic (exact) mass is 249 g/mol. The van der Waals surface area contributed by atoms with Crippen LogP contribution in [0.4, 0.5) is 11.8 Å². The van der Waals surface area contributed by atoms with Gasteiger partial charge in [-0.1, -0.05) is 6.92 Å². The van der Waals surface area contributed by atoms with E-state index >= 15 is 0 Å². The molecule has 1 aromatic rings. The molecule has 0 saturated heterocycles. The summed E-state index contributed by atoms with van der Waals surface area (Å²) >= 11 is 0. The van der Waals surface area contributed by atoms with Crippen LogP contribution in [0.1, 0.15) is 26.2 Å². The normalized spacial score (nSPS) is 14.8. The molecule has 0 atom stereocenters. The fraction of sp³-hybridized carbons (Fsp3) is 0.692. The highest BCUT2D eigenvalue weighted by Gasteiger charge is 2.25. The molecule has 100 valence electrons. The van der Waals surface area contributed by atoms with E-state index in [1.54, 1.807) is 6.20 Å². The van der Waals surface area contributed by atoms with Crippen molar-refractivity contribution >= 4 is 11.8 Å². The van der Waals surface area contributed by atoms with Gasteiger partial charge in [-0.2, -0.15) is 4.98 Å². The minimum absolute atomic E-state index is 0.706. The summed E-state index contributed by atoms with van der Waals surface area (Å²) in [4.78, 5) is 11.0. The quantitative estimate of drug-likeness (QED) is 0.736. The number of nitrogens with zero attached hydrogens (tertiary/aromatic N) is 3. The topological polar surface area (TPSA) is 53.1 Å². The summed E-state index contributed by atoms with van der Waals surface area (Å²) in [6.45, 7) is 5.03. The van der Waals surface area contributed by atoms with Crippen LogP contribution in [0, 0.1) is 0 Å². The molecule has 1 aliphatic rings. The Kier molecular flexibility index (Phi) is 4.75. The van der Waals surface area contributed by atoms with Crippen molar-refractivity contribution in [2.24, 2.45) is 0 Å². The second kappa shape index (κ2) is 6.54. The molecule has 0 spiro atoms. The Balaban J connectivity index is 1.73. The summed E-state index contributed by atoms with van der Waals surface area (Å²) in [5.74, 6) is 1.60. The molecule has 1 heterocycles. The summed E-state index contributed by atoms with van der Waals surface area (Å²) in [5.41, 5.74) is 0. The summed E-state index contributed by atoms with van der Waals surface area (Å²) in [6, 6.07) is 2.73. The van der Waals surface area contributed by atoms with Crippen LogP contribution < -0.4 is 10.6 Å². The third kappa shape index (κ3) is 4.14. The third-order valence-corrected chi connectivity index (χ3v) is 3.13. The first kappa shape index (κ1) is 13.1. The second-order valence-corrected chi connectivity index (χ2v) is 4.83. The lowest BCUT2D eigenvalue weighted by atomic mass is 10.4. The second-order valence-electron chi connectivity index (χ2n) is 4.83. The lowest BCUT2D eigenvalue weighted by Crippen LogP contribution is -2.27. The van der Waals surface area contributed by atoms with Crippen molar-refractivity contribution in [3.63, 3.8) is 0 Å². The summed E-state index contributed by atoms with van der Waals surface area (Å²) in [7, 11) is 2.19. The smallest absolute Gasteiger partial charge is 0.224 e. The molecule has 0 amide bonds. The van der Waals surface area contributed by atoms with Gasteiger partial charge >= 0.3 is 0 Å². The molecule has 5 heteroatoms. The van der Waals surface area contributed by atoms with Gasteiger partial charge in [-0.3, -0.25) is 0 Å². The zero-order valence-electron chi connectivity index (χ0n) is 11.3. The van der Waals surface area contributed by atoms with Crippen molar-refractivity contribution in [1.29, 1.82) is 0 Å². The van der Waals surface area contributed by atoms with E-state index in [4.69, 9.17) is 0 Å². The molecular formula is C13H23N5. The maximum absolute atomic E-state index is 4.42. The van der Waals surface area contributed by atoms with Gasteiger partial charge in [0.2, 0.25) is 5.95 Å². The van der Waals surface area contributed by atoms with E-state index in [-0.39, 0.29) is 0 Å². The van der Waals surface area contributed by atoms with E-state index in [0.29, 0.717) is 5.95 Å². The van der Waals surface area contributed by atoms with E-state index in [0.717, 1.165) is 37.9 Å². The van der Waals surface area contributed by atoms with Crippen LogP contribution >= 0.6 is 0 Å². The van der Waals surface area contributed by atoms with E-state index < -0.39 is 0 Å². The van der Waals surface area contributed by atoms with Gasteiger partial charge in [0.05, 0.1) is 0 Å². The largest absolute Gasteiger partial charge is 0.369 e. The van der Waals surface area contributed by atoms with Crippen LogP contribution in [0.5, 0.6) is 0 Å². The Morgan fingerprint density at radius 1 is 1.33 bits per heavy atom. The van der Waals surface area contributed by atoms with Gasteiger partial charge in [0.1, 0.15) is 5.82 Å². The minimum Gasteiger partial charge on any atom is -0.369 e. The molecule has 2 N–H and O–H groups in total. The third-order valence-electron chi connectivity index (χ3n) is 3.13. The maximum Gasteiger partial charge on any atom is 0.224 e. The summed E-state index contributed by atoms with van der Waals surface area (Å²) in [5, 5.41) is 6.53. The summed E-state index contributed by atoms with van der Waals surface area (Å²) in [6.07, 6.45) is 5.58. The number of nitrogens with one attached hydrogen (secondary N) is 2. The highest BCUT2D eigenvalue weighted by atomic mass is 15.2. The van der Waals surface area contributed by atoms with Gasteiger partial charge in [-0.25, -0.2) is 4.98 Å². The molecule has 1 aliphatic carbocycles. The predicted molar refractivity (Wildman–Crippen MR) is 75.0 cm³/mol. The van der Waals surface area contributed by atoms with E-state index in [2.05, 4.69) is 39.5 Å². The molecule has 1 fully saturated rings. The molecule has 0 unspecified atom stereocenters. The molecule has 2 rings (SSSR count). The highest BCUT2D eigenvalue weighted by Crippen LogP contribution is 2.24. The van der Waals surface area contributed by atoms with Gasteiger partial charge in [0.15, 0.2) is 0 Å². The standard InChI is InChI=1S/C13H23N5/c1-3-7-15-13-16-8-6-12(17-13)14-9-10-18(2)11-4-5-11/h6,8,11H,3-5,7,9-10H2,1-2H3,(H2,14,15,16,17). The number of likely N-dealkylation sites (N-methyl/N-ethyl adjacent to an activating group) is 1. The first-order chi connectivity index (χ1) is 8.79. The van der Waals surface area contributed by atoms with Crippen LogP contribution in [0.3, 0.4) is 0 Å². The Labute approximate surface area is 109 Å². The van der Waals surface area contributed by atoms with Crippen LogP contribution in [0.2, 0.25) is 0 Å². The average molecular weight is 249 g/mol. The van der Waals surface area contributed by atoms with Crippen molar-refractivity contribution < 1.29 is 0 Å². The molecule has 0 aromatic carbocycles. The molecule has 1 saturated carbocycles. The SMILES string of the molecule is CCCNc1nccc(NCCN(C)C2CC2)n1. The first-order valence-electron chi connectivity index (χ1n) is 6.80. The van der Waals surface area contributed by atoms with E-state index in [1.165, 1.54) is 12.8 Å². The Morgan fingerprint density at radius 3 is 2.89 bits per heavy atom. The average Bonchev–Trinajstić information content (AvgIpc) is 3.21. The minimum atomic E-state index is 0.706. The number of aromatic nitrogens is 2. The van der Waals surface area contributed by atoms with Crippen LogP contribution in [-0.4, -0.2) is 47.6 Å². The lowest BCUT2D eigenvalue weighted by molar-refractivity contribution is 0.337. The Bertz CT molecular complexity index is 364. The van der Waals surface area contributed by atoms with E-state index in [9.17, 15) is 0 Å². The lowest BCUT2D eigenvalue weighted by Gasteiger charge is -2.16. The molecule has 0 bridgehead atoms. The zero-order valence-corrected chi connectivity index (χ0v) is 11.3. The van der Waals surface area contributed by atoms with Crippen molar-refractivity contribution in [2.75, 3.05) is 37.3 Å². The zero-order chi connectivity index (χ0) is 12.8. The number of rotatable bonds is 8. The summed E-state index contributed by atoms with van der Waals surface area (Å²) < 4.78 is 0. The Hall–Kier alpha value is -1.36. The van der Waals surface area contributed by atoms with Gasteiger partial charge in [0.25, 0.3) is 0 Å². The molecule has 1 aromatic heterocycles. The van der Waals surface area contributed by atoms with Gasteiger partial charge in [-0.15, -0.1) is 0 Å². The fourth-order valence-corrected chi connectivity index (χ4v) is 1.84.